The molecule has 2 amide bonds. The molecule has 2 aromatic rings. The maximum Gasteiger partial charge on any atom is 0.707 e. The number of thiazole rings is 1. The number of benzene rings is 1. The first kappa shape index (κ1) is 21.9. The van der Waals surface area contributed by atoms with Gasteiger partial charge in [0, 0.05) is 0 Å². The molecule has 0 bridgehead atoms. The van der Waals surface area contributed by atoms with Crippen molar-refractivity contribution < 1.29 is 33.8 Å². The van der Waals surface area contributed by atoms with E-state index >= 15 is 0 Å². The Bertz CT molecular complexity index is 842. The summed E-state index contributed by atoms with van der Waals surface area (Å²) in [5, 5.41) is 18.1. The Labute approximate surface area is 167 Å². The summed E-state index contributed by atoms with van der Waals surface area (Å²) in [6.45, 7) is 10.0. The molecule has 0 saturated heterocycles. The van der Waals surface area contributed by atoms with E-state index < -0.39 is 30.7 Å². The van der Waals surface area contributed by atoms with Gasteiger partial charge in [0.2, 0.25) is 5.13 Å². The number of carbonyl (C=O) groups is 2. The van der Waals surface area contributed by atoms with Gasteiger partial charge >= 0.3 is 19.5 Å². The van der Waals surface area contributed by atoms with Crippen LogP contribution < -0.4 is 9.55 Å². The number of nitrogens with zero attached hydrogens (tertiary/aromatic N) is 2. The molecule has 0 atom stereocenters. The summed E-state index contributed by atoms with van der Waals surface area (Å²) in [6, 6.07) is 4.79. The summed E-state index contributed by atoms with van der Waals surface area (Å²) in [7, 11) is -2.04. The van der Waals surface area contributed by atoms with Crippen LogP contribution >= 0.6 is 11.3 Å². The van der Waals surface area contributed by atoms with Gasteiger partial charge in [-0.1, -0.05) is 17.4 Å². The van der Waals surface area contributed by atoms with Crippen molar-refractivity contribution in [2.24, 2.45) is 0 Å². The van der Waals surface area contributed by atoms with Gasteiger partial charge in [0.05, 0.1) is 4.70 Å². The van der Waals surface area contributed by atoms with Gasteiger partial charge in [-0.2, -0.15) is 4.90 Å². The number of rotatable bonds is 3. The van der Waals surface area contributed by atoms with E-state index in [0.717, 1.165) is 11.3 Å². The summed E-state index contributed by atoms with van der Waals surface area (Å²) < 4.78 is 16.1. The first-order valence-electron chi connectivity index (χ1n) is 8.45. The maximum absolute atomic E-state index is 12.7. The van der Waals surface area contributed by atoms with Crippen molar-refractivity contribution in [1.29, 1.82) is 0 Å². The molecule has 1 aromatic carbocycles. The Morgan fingerprint density at radius 2 is 1.57 bits per heavy atom. The summed E-state index contributed by atoms with van der Waals surface area (Å²) in [6.07, 6.45) is -1.88. The van der Waals surface area contributed by atoms with Crippen molar-refractivity contribution in [1.82, 2.24) is 4.98 Å². The second-order valence-corrected chi connectivity index (χ2v) is 8.85. The number of hydrogen-bond donors (Lipinski definition) is 2. The largest absolute Gasteiger partial charge is 0.707 e. The predicted octanol–water partition coefficient (Wildman–Crippen LogP) is 3.32. The first-order chi connectivity index (χ1) is 12.8. The van der Waals surface area contributed by atoms with E-state index in [4.69, 9.17) is 24.2 Å². The molecule has 0 radical (unpaired) electrons. The average molecular weight is 410 g/mol. The van der Waals surface area contributed by atoms with Crippen LogP contribution in [0.4, 0.5) is 14.7 Å². The van der Waals surface area contributed by atoms with E-state index in [1.54, 1.807) is 53.7 Å². The lowest BCUT2D eigenvalue weighted by Crippen LogP contribution is -2.43. The minimum absolute atomic E-state index is 0.00183. The second kappa shape index (κ2) is 7.94. The Morgan fingerprint density at radius 3 is 2.04 bits per heavy atom. The highest BCUT2D eigenvalue weighted by atomic mass is 32.1. The highest BCUT2D eigenvalue weighted by Gasteiger charge is 2.35. The first-order valence-corrected chi connectivity index (χ1v) is 9.27. The highest BCUT2D eigenvalue weighted by molar-refractivity contribution is 7.22. The van der Waals surface area contributed by atoms with Gasteiger partial charge in [-0.15, -0.1) is 0 Å². The number of fused-ring (bicyclic) bond motifs is 1. The molecular formula is C17H23BN2O7S. The molecule has 2 rings (SSSR count). The van der Waals surface area contributed by atoms with Gasteiger partial charge < -0.3 is 24.2 Å². The minimum atomic E-state index is -2.04. The fourth-order valence-corrected chi connectivity index (χ4v) is 3.03. The molecule has 0 aliphatic carbocycles. The summed E-state index contributed by atoms with van der Waals surface area (Å²) in [5.41, 5.74) is -1.43. The zero-order chi connectivity index (χ0) is 21.3. The van der Waals surface area contributed by atoms with Crippen molar-refractivity contribution in [3.8, 4) is 5.75 Å². The fourth-order valence-electron chi connectivity index (χ4n) is 2.06. The Hall–Kier alpha value is -2.37. The number of ether oxygens (including phenoxy) is 2. The normalized spacial score (nSPS) is 11.9. The summed E-state index contributed by atoms with van der Waals surface area (Å²) in [4.78, 5) is 30.3. The van der Waals surface area contributed by atoms with Crippen molar-refractivity contribution >= 4 is 46.2 Å². The Balaban J connectivity index is 2.50. The van der Waals surface area contributed by atoms with E-state index in [1.807, 2.05) is 0 Å². The number of para-hydroxylation sites is 1. The molecule has 28 heavy (non-hydrogen) atoms. The quantitative estimate of drug-likeness (QED) is 0.740. The maximum atomic E-state index is 12.7. The van der Waals surface area contributed by atoms with Crippen LogP contribution in [0.15, 0.2) is 18.2 Å². The molecule has 1 heterocycles. The van der Waals surface area contributed by atoms with Crippen LogP contribution in [-0.4, -0.2) is 45.7 Å². The topological polar surface area (TPSA) is 118 Å². The number of carbonyl (C=O) groups excluding carboxylic acids is 2. The standard InChI is InChI=1S/C17H23BN2O7S/c1-16(2,3)25-14(21)20(15(22)26-17(4,5)6)13-19-12-10(27-18(23)24)8-7-9-11(12)28-13/h7-9,23-24H,1-6H3. The zero-order valence-electron chi connectivity index (χ0n) is 16.5. The molecule has 0 saturated carbocycles. The van der Waals surface area contributed by atoms with Crippen LogP contribution in [0.1, 0.15) is 41.5 Å². The highest BCUT2D eigenvalue weighted by Crippen LogP contribution is 2.35. The lowest BCUT2D eigenvalue weighted by Gasteiger charge is -2.27. The SMILES string of the molecule is CC(C)(C)OC(=O)N(C(=O)OC(C)(C)C)c1nc2c(OB(O)O)cccc2s1. The number of hydrogen-bond acceptors (Lipinski definition) is 9. The third-order valence-electron chi connectivity index (χ3n) is 2.95. The molecule has 0 spiro atoms. The average Bonchev–Trinajstić information content (AvgIpc) is 2.87. The van der Waals surface area contributed by atoms with Crippen molar-refractivity contribution in [3.05, 3.63) is 18.2 Å². The molecule has 0 unspecified atom stereocenters. The van der Waals surface area contributed by atoms with E-state index in [0.29, 0.717) is 9.60 Å². The van der Waals surface area contributed by atoms with Gasteiger partial charge in [0.25, 0.3) is 0 Å². The minimum Gasteiger partial charge on any atom is -0.510 e. The van der Waals surface area contributed by atoms with Crippen LogP contribution in [0.3, 0.4) is 0 Å². The fraction of sp³-hybridized carbons (Fsp3) is 0.471. The summed E-state index contributed by atoms with van der Waals surface area (Å²) in [5.74, 6) is 0.0864. The lowest BCUT2D eigenvalue weighted by molar-refractivity contribution is 0.0430. The van der Waals surface area contributed by atoms with E-state index in [-0.39, 0.29) is 16.4 Å². The van der Waals surface area contributed by atoms with Crippen molar-refractivity contribution in [3.63, 3.8) is 0 Å². The third kappa shape index (κ3) is 5.81. The molecule has 152 valence electrons. The van der Waals surface area contributed by atoms with Crippen LogP contribution in [0, 0.1) is 0 Å². The van der Waals surface area contributed by atoms with Crippen LogP contribution in [0.2, 0.25) is 0 Å². The van der Waals surface area contributed by atoms with Crippen LogP contribution in [0.5, 0.6) is 5.75 Å². The molecule has 9 nitrogen and oxygen atoms in total. The Morgan fingerprint density at radius 1 is 1.04 bits per heavy atom. The van der Waals surface area contributed by atoms with Gasteiger partial charge in [0.15, 0.2) is 0 Å². The third-order valence-corrected chi connectivity index (χ3v) is 3.95. The van der Waals surface area contributed by atoms with E-state index in [1.165, 1.54) is 6.07 Å². The van der Waals surface area contributed by atoms with Crippen LogP contribution in [0.25, 0.3) is 10.2 Å². The van der Waals surface area contributed by atoms with Gasteiger partial charge in [-0.25, -0.2) is 14.6 Å². The van der Waals surface area contributed by atoms with Gasteiger partial charge in [-0.05, 0) is 53.7 Å². The second-order valence-electron chi connectivity index (χ2n) is 7.84. The van der Waals surface area contributed by atoms with Crippen molar-refractivity contribution in [2.75, 3.05) is 4.90 Å². The number of amides is 2. The Kier molecular flexibility index (Phi) is 6.22. The predicted molar refractivity (Wildman–Crippen MR) is 105 cm³/mol. The lowest BCUT2D eigenvalue weighted by atomic mass is 10.2. The van der Waals surface area contributed by atoms with Crippen molar-refractivity contribution in [2.45, 2.75) is 52.7 Å². The van der Waals surface area contributed by atoms with Gasteiger partial charge in [0.1, 0.15) is 22.5 Å². The van der Waals surface area contributed by atoms with Crippen LogP contribution in [-0.2, 0) is 9.47 Å². The number of aromatic nitrogens is 1. The molecule has 0 fully saturated rings. The molecule has 11 heteroatoms. The summed E-state index contributed by atoms with van der Waals surface area (Å²) >= 11 is 1.03. The molecule has 0 aliphatic heterocycles. The number of imide groups is 1. The zero-order valence-corrected chi connectivity index (χ0v) is 17.4. The number of anilines is 1. The molecule has 1 aromatic heterocycles. The monoisotopic (exact) mass is 410 g/mol. The van der Waals surface area contributed by atoms with E-state index in [2.05, 4.69) is 4.98 Å². The molecular weight excluding hydrogens is 387 g/mol. The van der Waals surface area contributed by atoms with E-state index in [9.17, 15) is 9.59 Å². The van der Waals surface area contributed by atoms with Gasteiger partial charge in [-0.3, -0.25) is 0 Å². The molecule has 2 N–H and O–H groups in total. The molecule has 0 aliphatic rings. The smallest absolute Gasteiger partial charge is 0.510 e.